The molecule has 0 aliphatic carbocycles. The zero-order chi connectivity index (χ0) is 8.27. The Morgan fingerprint density at radius 2 is 1.82 bits per heavy atom. The fourth-order valence-electron chi connectivity index (χ4n) is 0.918. The first-order valence-electron chi connectivity index (χ1n) is 3.67. The van der Waals surface area contributed by atoms with E-state index in [1.165, 1.54) is 12.1 Å². The van der Waals surface area contributed by atoms with Gasteiger partial charge in [-0.15, -0.1) is 0 Å². The lowest BCUT2D eigenvalue weighted by Gasteiger charge is -2.09. The average molecular weight is 153 g/mol. The van der Waals surface area contributed by atoms with Crippen molar-refractivity contribution in [3.63, 3.8) is 0 Å². The van der Waals surface area contributed by atoms with E-state index in [1.54, 1.807) is 12.1 Å². The van der Waals surface area contributed by atoms with E-state index in [4.69, 9.17) is 0 Å². The molecule has 0 saturated carbocycles. The molecule has 1 atom stereocenters. The maximum Gasteiger partial charge on any atom is 0.123 e. The van der Waals surface area contributed by atoms with Crippen LogP contribution in [0.25, 0.3) is 0 Å². The highest BCUT2D eigenvalue weighted by atomic mass is 19.1. The van der Waals surface area contributed by atoms with Crippen LogP contribution in [0.4, 0.5) is 4.39 Å². The van der Waals surface area contributed by atoms with Crippen molar-refractivity contribution in [2.24, 2.45) is 0 Å². The number of hydrogen-bond acceptors (Lipinski definition) is 1. The first kappa shape index (κ1) is 8.21. The summed E-state index contributed by atoms with van der Waals surface area (Å²) in [4.78, 5) is 0. The molecule has 0 spiro atoms. The first-order chi connectivity index (χ1) is 5.24. The van der Waals surface area contributed by atoms with Gasteiger partial charge in [0.05, 0.1) is 0 Å². The molecule has 0 unspecified atom stereocenters. The predicted octanol–water partition coefficient (Wildman–Crippen LogP) is 2.11. The first-order valence-corrected chi connectivity index (χ1v) is 3.67. The molecule has 2 heteroatoms. The topological polar surface area (TPSA) is 12.0 Å². The van der Waals surface area contributed by atoms with Crippen LogP contribution < -0.4 is 5.32 Å². The Morgan fingerprint density at radius 1 is 1.27 bits per heavy atom. The van der Waals surface area contributed by atoms with E-state index in [2.05, 4.69) is 5.32 Å². The average Bonchev–Trinajstić information content (AvgIpc) is 2.05. The van der Waals surface area contributed by atoms with E-state index in [0.29, 0.717) is 0 Å². The van der Waals surface area contributed by atoms with Gasteiger partial charge in [0.2, 0.25) is 0 Å². The summed E-state index contributed by atoms with van der Waals surface area (Å²) in [5.74, 6) is -0.183. The molecule has 11 heavy (non-hydrogen) atoms. The van der Waals surface area contributed by atoms with Crippen LogP contribution in [0.3, 0.4) is 0 Å². The maximum absolute atomic E-state index is 12.4. The lowest BCUT2D eigenvalue weighted by molar-refractivity contribution is 0.619. The monoisotopic (exact) mass is 153 g/mol. The fraction of sp³-hybridized carbons (Fsp3) is 0.333. The molecule has 0 bridgehead atoms. The van der Waals surface area contributed by atoms with Crippen molar-refractivity contribution in [3.8, 4) is 0 Å². The molecule has 1 N–H and O–H groups in total. The molecule has 0 aromatic heterocycles. The molecular weight excluding hydrogens is 141 g/mol. The Kier molecular flexibility index (Phi) is 2.60. The van der Waals surface area contributed by atoms with Crippen molar-refractivity contribution in [3.05, 3.63) is 35.6 Å². The third kappa shape index (κ3) is 2.02. The van der Waals surface area contributed by atoms with Crippen molar-refractivity contribution in [1.29, 1.82) is 0 Å². The van der Waals surface area contributed by atoms with Gasteiger partial charge in [-0.1, -0.05) is 12.1 Å². The largest absolute Gasteiger partial charge is 0.313 e. The van der Waals surface area contributed by atoms with E-state index >= 15 is 0 Å². The maximum atomic E-state index is 12.4. The molecule has 1 aromatic carbocycles. The number of rotatable bonds is 2. The number of hydrogen-bond donors (Lipinski definition) is 1. The predicted molar refractivity (Wildman–Crippen MR) is 43.9 cm³/mol. The van der Waals surface area contributed by atoms with Gasteiger partial charge in [0.15, 0.2) is 0 Å². The zero-order valence-corrected chi connectivity index (χ0v) is 6.76. The highest BCUT2D eigenvalue weighted by molar-refractivity contribution is 5.18. The quantitative estimate of drug-likeness (QED) is 0.686. The number of nitrogens with one attached hydrogen (secondary N) is 1. The lowest BCUT2D eigenvalue weighted by Crippen LogP contribution is -2.11. The van der Waals surface area contributed by atoms with Gasteiger partial charge in [-0.25, -0.2) is 4.39 Å². The summed E-state index contributed by atoms with van der Waals surface area (Å²) in [6.07, 6.45) is 0. The van der Waals surface area contributed by atoms with Crippen molar-refractivity contribution in [2.75, 3.05) is 7.05 Å². The Hall–Kier alpha value is -0.890. The summed E-state index contributed by atoms with van der Waals surface area (Å²) in [7, 11) is 1.88. The molecule has 1 rings (SSSR count). The molecule has 0 aliphatic rings. The molecule has 0 radical (unpaired) electrons. The van der Waals surface area contributed by atoms with E-state index in [9.17, 15) is 4.39 Å². The standard InChI is InChI=1S/C9H12FN/c1-7(11-2)8-3-5-9(10)6-4-8/h3-7,11H,1-2H3/t7-/m1/s1. The zero-order valence-electron chi connectivity index (χ0n) is 6.76. The molecule has 0 fully saturated rings. The number of halogens is 1. The van der Waals surface area contributed by atoms with Crippen LogP contribution >= 0.6 is 0 Å². The van der Waals surface area contributed by atoms with Crippen LogP contribution in [0.15, 0.2) is 24.3 Å². The van der Waals surface area contributed by atoms with E-state index in [1.807, 2.05) is 14.0 Å². The second-order valence-electron chi connectivity index (χ2n) is 2.56. The molecule has 0 aliphatic heterocycles. The minimum absolute atomic E-state index is 0.183. The van der Waals surface area contributed by atoms with Crippen LogP contribution in [-0.4, -0.2) is 7.05 Å². The summed E-state index contributed by atoms with van der Waals surface area (Å²) >= 11 is 0. The van der Waals surface area contributed by atoms with Crippen molar-refractivity contribution in [2.45, 2.75) is 13.0 Å². The van der Waals surface area contributed by atoms with Crippen LogP contribution in [0, 0.1) is 5.82 Å². The van der Waals surface area contributed by atoms with Gasteiger partial charge < -0.3 is 5.32 Å². The summed E-state index contributed by atoms with van der Waals surface area (Å²) in [6, 6.07) is 6.81. The Morgan fingerprint density at radius 3 is 2.27 bits per heavy atom. The van der Waals surface area contributed by atoms with E-state index in [-0.39, 0.29) is 11.9 Å². The normalized spacial score (nSPS) is 13.0. The van der Waals surface area contributed by atoms with Gasteiger partial charge in [-0.05, 0) is 31.7 Å². The Labute approximate surface area is 66.2 Å². The molecule has 1 aromatic rings. The molecule has 1 nitrogen and oxygen atoms in total. The summed E-state index contributed by atoms with van der Waals surface area (Å²) in [6.45, 7) is 2.03. The second-order valence-corrected chi connectivity index (χ2v) is 2.56. The summed E-state index contributed by atoms with van der Waals surface area (Å²) in [5, 5.41) is 3.08. The Balaban J connectivity index is 2.81. The molecule has 0 saturated heterocycles. The van der Waals surface area contributed by atoms with Crippen molar-refractivity contribution in [1.82, 2.24) is 5.32 Å². The van der Waals surface area contributed by atoms with Crippen LogP contribution in [-0.2, 0) is 0 Å². The smallest absolute Gasteiger partial charge is 0.123 e. The van der Waals surface area contributed by atoms with E-state index < -0.39 is 0 Å². The van der Waals surface area contributed by atoms with Crippen LogP contribution in [0.2, 0.25) is 0 Å². The SMILES string of the molecule is CN[C@H](C)c1ccc(F)cc1. The minimum atomic E-state index is -0.183. The third-order valence-electron chi connectivity index (χ3n) is 1.80. The van der Waals surface area contributed by atoms with Gasteiger partial charge in [0.1, 0.15) is 5.82 Å². The van der Waals surface area contributed by atoms with Gasteiger partial charge >= 0.3 is 0 Å². The molecule has 0 amide bonds. The van der Waals surface area contributed by atoms with Crippen LogP contribution in [0.1, 0.15) is 18.5 Å². The summed E-state index contributed by atoms with van der Waals surface area (Å²) in [5.41, 5.74) is 1.11. The van der Waals surface area contributed by atoms with E-state index in [0.717, 1.165) is 5.56 Å². The van der Waals surface area contributed by atoms with Crippen LogP contribution in [0.5, 0.6) is 0 Å². The third-order valence-corrected chi connectivity index (χ3v) is 1.80. The lowest BCUT2D eigenvalue weighted by atomic mass is 10.1. The Bertz CT molecular complexity index is 218. The van der Waals surface area contributed by atoms with Crippen molar-refractivity contribution < 1.29 is 4.39 Å². The molecule has 60 valence electrons. The van der Waals surface area contributed by atoms with Gasteiger partial charge in [0, 0.05) is 6.04 Å². The number of benzene rings is 1. The fourth-order valence-corrected chi connectivity index (χ4v) is 0.918. The van der Waals surface area contributed by atoms with Gasteiger partial charge in [-0.2, -0.15) is 0 Å². The minimum Gasteiger partial charge on any atom is -0.313 e. The molecular formula is C9H12FN. The second kappa shape index (κ2) is 3.49. The highest BCUT2D eigenvalue weighted by Crippen LogP contribution is 2.11. The van der Waals surface area contributed by atoms with Crippen molar-refractivity contribution >= 4 is 0 Å². The highest BCUT2D eigenvalue weighted by Gasteiger charge is 2.00. The van der Waals surface area contributed by atoms with Gasteiger partial charge in [0.25, 0.3) is 0 Å². The summed E-state index contributed by atoms with van der Waals surface area (Å²) < 4.78 is 12.4. The molecule has 0 heterocycles. The van der Waals surface area contributed by atoms with Gasteiger partial charge in [-0.3, -0.25) is 0 Å².